The fraction of sp³-hybridized carbons (Fsp3) is 0.794. The molecule has 5 N–H and O–H groups in total. The third-order valence-electron chi connectivity index (χ3n) is 9.09. The largest absolute Gasteiger partial charge is 0.472 e. The normalized spacial score (nSPS) is 22.7. The molecule has 3 rings (SSSR count). The van der Waals surface area contributed by atoms with E-state index in [0.29, 0.717) is 17.8 Å². The third-order valence-corrected chi connectivity index (χ3v) is 10.0. The fourth-order valence-electron chi connectivity index (χ4n) is 6.02. The number of unbranched alkanes of at least 4 members (excludes halogenated alkanes) is 15. The molecule has 49 heavy (non-hydrogen) atoms. The van der Waals surface area contributed by atoms with E-state index >= 15 is 0 Å². The van der Waals surface area contributed by atoms with Gasteiger partial charge in [-0.2, -0.15) is 10.4 Å². The van der Waals surface area contributed by atoms with Crippen LogP contribution in [0.2, 0.25) is 0 Å². The van der Waals surface area contributed by atoms with Gasteiger partial charge in [0, 0.05) is 13.7 Å². The van der Waals surface area contributed by atoms with E-state index in [1.165, 1.54) is 108 Å². The molecule has 1 aliphatic rings. The van der Waals surface area contributed by atoms with Crippen molar-refractivity contribution in [2.45, 2.75) is 140 Å². The molecule has 0 radical (unpaired) electrons. The number of aliphatic hydroxyl groups excluding tert-OH is 2. The van der Waals surface area contributed by atoms with Crippen molar-refractivity contribution in [3.63, 3.8) is 0 Å². The Kier molecular flexibility index (Phi) is 18.4. The first-order valence-corrected chi connectivity index (χ1v) is 19.4. The topological polar surface area (TPSA) is 204 Å². The molecule has 0 aliphatic carbocycles. The van der Waals surface area contributed by atoms with Gasteiger partial charge in [0.05, 0.1) is 18.9 Å². The van der Waals surface area contributed by atoms with E-state index in [2.05, 4.69) is 17.0 Å². The molecule has 1 fully saturated rings. The van der Waals surface area contributed by atoms with Crippen LogP contribution < -0.4 is 5.73 Å². The van der Waals surface area contributed by atoms with Crippen LogP contribution in [0, 0.1) is 11.3 Å². The highest BCUT2D eigenvalue weighted by Gasteiger charge is 2.57. The van der Waals surface area contributed by atoms with Crippen molar-refractivity contribution >= 4 is 19.2 Å². The molecule has 278 valence electrons. The van der Waals surface area contributed by atoms with Crippen molar-refractivity contribution in [3.8, 4) is 6.07 Å². The highest BCUT2D eigenvalue weighted by Crippen LogP contribution is 2.47. The number of fused-ring (bicyclic) bond motifs is 1. The maximum Gasteiger partial charge on any atom is 0.472 e. The van der Waals surface area contributed by atoms with Gasteiger partial charge in [0.1, 0.15) is 48.9 Å². The van der Waals surface area contributed by atoms with E-state index < -0.39 is 44.4 Å². The van der Waals surface area contributed by atoms with Crippen LogP contribution in [0.3, 0.4) is 0 Å². The number of phosphoric ester groups is 1. The number of methoxy groups -OCH3 is 1. The summed E-state index contributed by atoms with van der Waals surface area (Å²) in [4.78, 5) is 14.2. The van der Waals surface area contributed by atoms with Gasteiger partial charge in [-0.15, -0.1) is 0 Å². The first-order chi connectivity index (χ1) is 23.7. The Morgan fingerprint density at radius 2 is 1.57 bits per heavy atom. The molecule has 1 saturated heterocycles. The van der Waals surface area contributed by atoms with Gasteiger partial charge in [-0.25, -0.2) is 14.1 Å². The van der Waals surface area contributed by atoms with Gasteiger partial charge in [0.25, 0.3) is 0 Å². The van der Waals surface area contributed by atoms with Crippen molar-refractivity contribution in [3.05, 3.63) is 24.2 Å². The quantitative estimate of drug-likeness (QED) is 0.0640. The summed E-state index contributed by atoms with van der Waals surface area (Å²) < 4.78 is 41.0. The zero-order chi connectivity index (χ0) is 35.5. The van der Waals surface area contributed by atoms with Crippen LogP contribution in [0.15, 0.2) is 18.5 Å². The van der Waals surface area contributed by atoms with Gasteiger partial charge in [-0.05, 0) is 18.6 Å². The van der Waals surface area contributed by atoms with Crippen molar-refractivity contribution in [1.82, 2.24) is 14.6 Å². The minimum absolute atomic E-state index is 0.159. The van der Waals surface area contributed by atoms with Crippen LogP contribution in [-0.4, -0.2) is 87.2 Å². The summed E-state index contributed by atoms with van der Waals surface area (Å²) in [5.41, 5.74) is 4.42. The number of aliphatic hydroxyl groups is 2. The number of hydrogen-bond acceptors (Lipinski definition) is 12. The van der Waals surface area contributed by atoms with Gasteiger partial charge in [0.15, 0.2) is 5.82 Å². The number of phosphoric acid groups is 1. The maximum atomic E-state index is 12.7. The Hall–Kier alpha value is -2.18. The number of ether oxygens (including phenoxy) is 3. The summed E-state index contributed by atoms with van der Waals surface area (Å²) in [6, 6.07) is 4.94. The summed E-state index contributed by atoms with van der Waals surface area (Å²) in [5.74, 6) is 0.183. The summed E-state index contributed by atoms with van der Waals surface area (Å²) in [6.45, 7) is 1.79. The zero-order valence-corrected chi connectivity index (χ0v) is 30.2. The maximum absolute atomic E-state index is 12.7. The molecule has 15 heteroatoms. The zero-order valence-electron chi connectivity index (χ0n) is 29.3. The minimum Gasteiger partial charge on any atom is -0.387 e. The second-order valence-corrected chi connectivity index (χ2v) is 14.4. The highest BCUT2D eigenvalue weighted by atomic mass is 31.2. The third kappa shape index (κ3) is 13.1. The molecule has 2 aromatic heterocycles. The summed E-state index contributed by atoms with van der Waals surface area (Å²) >= 11 is 0. The van der Waals surface area contributed by atoms with Crippen LogP contribution >= 0.6 is 7.82 Å². The van der Waals surface area contributed by atoms with Gasteiger partial charge >= 0.3 is 7.82 Å². The lowest BCUT2D eigenvalue weighted by atomic mass is 9.96. The SMILES string of the molecule is CCCCCCCCCCCCCCCCCCOC[C@H](COP(=O)(O)OC[C@@]1(C#N)O[C@@H](c2ccc3c(N)ncnn23)[C@H](O)[C@@H]1O)OC. The van der Waals surface area contributed by atoms with Crippen LogP contribution in [0.4, 0.5) is 5.82 Å². The molecule has 1 unspecified atom stereocenters. The fourth-order valence-corrected chi connectivity index (χ4v) is 6.80. The molecule has 14 nitrogen and oxygen atoms in total. The average molecular weight is 712 g/mol. The number of nitrogens with zero attached hydrogens (tertiary/aromatic N) is 4. The van der Waals surface area contributed by atoms with Crippen molar-refractivity contribution in [1.29, 1.82) is 5.26 Å². The molecular weight excluding hydrogens is 653 g/mol. The second kappa shape index (κ2) is 21.9. The monoisotopic (exact) mass is 711 g/mol. The molecule has 3 heterocycles. The van der Waals surface area contributed by atoms with Crippen molar-refractivity contribution < 1.29 is 42.9 Å². The van der Waals surface area contributed by atoms with E-state index in [1.807, 2.05) is 0 Å². The number of anilines is 1. The number of nitriles is 1. The summed E-state index contributed by atoms with van der Waals surface area (Å²) in [7, 11) is -3.28. The smallest absolute Gasteiger partial charge is 0.387 e. The number of nitrogen functional groups attached to an aromatic ring is 1. The second-order valence-electron chi connectivity index (χ2n) is 12.9. The molecular formula is C34H58N5O9P. The number of aromatic nitrogens is 3. The lowest BCUT2D eigenvalue weighted by Crippen LogP contribution is -2.45. The van der Waals surface area contributed by atoms with Crippen LogP contribution in [-0.2, 0) is 27.8 Å². The van der Waals surface area contributed by atoms with Crippen LogP contribution in [0.25, 0.3) is 5.52 Å². The van der Waals surface area contributed by atoms with Gasteiger partial charge in [-0.1, -0.05) is 103 Å². The number of rotatable bonds is 27. The lowest BCUT2D eigenvalue weighted by Gasteiger charge is -2.25. The van der Waals surface area contributed by atoms with Crippen molar-refractivity contribution in [2.75, 3.05) is 39.3 Å². The summed E-state index contributed by atoms with van der Waals surface area (Å²) in [5, 5.41) is 35.5. The van der Waals surface area contributed by atoms with Crippen LogP contribution in [0.1, 0.15) is 121 Å². The Bertz CT molecular complexity index is 1310. The van der Waals surface area contributed by atoms with Gasteiger partial charge in [0.2, 0.25) is 5.60 Å². The van der Waals surface area contributed by atoms with Crippen LogP contribution in [0.5, 0.6) is 0 Å². The van der Waals surface area contributed by atoms with Crippen molar-refractivity contribution in [2.24, 2.45) is 0 Å². The minimum atomic E-state index is -4.72. The highest BCUT2D eigenvalue weighted by molar-refractivity contribution is 7.47. The molecule has 0 aromatic carbocycles. The van der Waals surface area contributed by atoms with E-state index in [1.54, 1.807) is 18.2 Å². The molecule has 6 atom stereocenters. The first kappa shape index (κ1) is 41.2. The van der Waals surface area contributed by atoms with E-state index in [-0.39, 0.29) is 19.0 Å². The average Bonchev–Trinajstić information content (AvgIpc) is 3.64. The van der Waals surface area contributed by atoms with E-state index in [9.17, 15) is 24.9 Å². The predicted octanol–water partition coefficient (Wildman–Crippen LogP) is 5.79. The molecule has 1 aliphatic heterocycles. The first-order valence-electron chi connectivity index (χ1n) is 17.9. The Morgan fingerprint density at radius 1 is 0.980 bits per heavy atom. The molecule has 0 saturated carbocycles. The summed E-state index contributed by atoms with van der Waals surface area (Å²) in [6.07, 6.45) is 16.7. The van der Waals surface area contributed by atoms with Gasteiger partial charge in [-0.3, -0.25) is 9.05 Å². The van der Waals surface area contributed by atoms with E-state index in [4.69, 9.17) is 29.0 Å². The molecule has 0 spiro atoms. The standard InChI is InChI=1S/C34H58N5O9P/c1-3-4-5-6-7-8-9-10-11-12-13-14-15-16-17-18-21-45-22-27(44-2)23-46-49(42,43)47-25-34(24-35)32(41)30(40)31(48-34)28-19-20-29-33(36)37-26-38-39(28)29/h19-20,26-27,30-32,40-41H,3-18,21-23,25H2,1-2H3,(H,42,43)(H2,36,37,38)/t27-,30+,31+,32+,34-/m1/s1. The Labute approximate surface area is 290 Å². The number of hydrogen-bond donors (Lipinski definition) is 4. The number of nitrogens with two attached hydrogens (primary N) is 1. The predicted molar refractivity (Wildman–Crippen MR) is 184 cm³/mol. The molecule has 0 bridgehead atoms. The van der Waals surface area contributed by atoms with Gasteiger partial charge < -0.3 is 35.1 Å². The Balaban J connectivity index is 1.26. The molecule has 0 amide bonds. The lowest BCUT2D eigenvalue weighted by molar-refractivity contribution is -0.0767. The Morgan fingerprint density at radius 3 is 2.14 bits per heavy atom. The molecule has 2 aromatic rings. The van der Waals surface area contributed by atoms with E-state index in [0.717, 1.165) is 12.8 Å².